The third-order valence-corrected chi connectivity index (χ3v) is 5.40. The van der Waals surface area contributed by atoms with Gasteiger partial charge in [-0.25, -0.2) is 4.39 Å². The summed E-state index contributed by atoms with van der Waals surface area (Å²) in [7, 11) is 0. The van der Waals surface area contributed by atoms with E-state index in [0.29, 0.717) is 12.5 Å². The summed E-state index contributed by atoms with van der Waals surface area (Å²) >= 11 is 0. The van der Waals surface area contributed by atoms with Crippen LogP contribution in [0.25, 0.3) is 16.6 Å². The molecule has 136 valence electrons. The summed E-state index contributed by atoms with van der Waals surface area (Å²) in [4.78, 5) is 0. The molecule has 3 aromatic rings. The van der Waals surface area contributed by atoms with E-state index in [1.807, 2.05) is 22.9 Å². The predicted octanol–water partition coefficient (Wildman–Crippen LogP) is 5.06. The molecule has 1 aliphatic rings. The molecule has 1 saturated carbocycles. The number of hydrogen-bond donors (Lipinski definition) is 1. The highest BCUT2D eigenvalue weighted by Crippen LogP contribution is 2.40. The third kappa shape index (κ3) is 3.61. The zero-order chi connectivity index (χ0) is 18.1. The van der Waals surface area contributed by atoms with E-state index in [9.17, 15) is 4.39 Å². The second-order valence-corrected chi connectivity index (χ2v) is 7.61. The molecule has 1 aromatic heterocycles. The molecule has 1 unspecified atom stereocenters. The minimum absolute atomic E-state index is 0.0420. The molecule has 0 radical (unpaired) electrons. The number of ether oxygens (including phenoxy) is 1. The highest BCUT2D eigenvalue weighted by Gasteiger charge is 2.37. The Morgan fingerprint density at radius 1 is 1.15 bits per heavy atom. The first-order valence-electron chi connectivity index (χ1n) is 9.32. The average Bonchev–Trinajstić information content (AvgIpc) is 3.41. The molecule has 0 bridgehead atoms. The molecule has 3 nitrogen and oxygen atoms in total. The summed E-state index contributed by atoms with van der Waals surface area (Å²) in [5, 5.41) is 1.11. The Hall–Kier alpha value is -2.33. The quantitative estimate of drug-likeness (QED) is 0.604. The number of halogens is 1. The van der Waals surface area contributed by atoms with Crippen LogP contribution in [0.4, 0.5) is 4.39 Å². The molecule has 1 fully saturated rings. The van der Waals surface area contributed by atoms with E-state index in [-0.39, 0.29) is 11.4 Å². The van der Waals surface area contributed by atoms with Crippen molar-refractivity contribution in [2.24, 2.45) is 11.7 Å². The molecule has 0 saturated heterocycles. The molecule has 2 N–H and O–H groups in total. The van der Waals surface area contributed by atoms with Crippen LogP contribution in [0.15, 0.2) is 54.7 Å². The molecule has 1 atom stereocenters. The Balaban J connectivity index is 1.41. The summed E-state index contributed by atoms with van der Waals surface area (Å²) in [5.41, 5.74) is 8.34. The van der Waals surface area contributed by atoms with E-state index in [1.54, 1.807) is 12.1 Å². The number of hydrogen-bond acceptors (Lipinski definition) is 2. The number of nitrogens with two attached hydrogens (primary N) is 1. The Bertz CT molecular complexity index is 894. The molecule has 0 spiro atoms. The molecule has 0 aliphatic heterocycles. The van der Waals surface area contributed by atoms with Gasteiger partial charge in [0.15, 0.2) is 0 Å². The van der Waals surface area contributed by atoms with Gasteiger partial charge in [0, 0.05) is 22.8 Å². The van der Waals surface area contributed by atoms with E-state index < -0.39 is 0 Å². The predicted molar refractivity (Wildman–Crippen MR) is 103 cm³/mol. The largest absolute Gasteiger partial charge is 0.494 e. The Morgan fingerprint density at radius 2 is 1.92 bits per heavy atom. The maximum absolute atomic E-state index is 13.1. The van der Waals surface area contributed by atoms with Crippen molar-refractivity contribution in [3.8, 4) is 11.4 Å². The minimum Gasteiger partial charge on any atom is -0.494 e. The highest BCUT2D eigenvalue weighted by molar-refractivity contribution is 5.83. The fourth-order valence-electron chi connectivity index (χ4n) is 3.63. The number of benzene rings is 2. The van der Waals surface area contributed by atoms with Gasteiger partial charge in [0.25, 0.3) is 0 Å². The maximum Gasteiger partial charge on any atom is 0.123 e. The first kappa shape index (κ1) is 17.1. The molecule has 0 amide bonds. The van der Waals surface area contributed by atoms with Crippen molar-refractivity contribution >= 4 is 10.9 Å². The lowest BCUT2D eigenvalue weighted by Gasteiger charge is -2.24. The summed E-state index contributed by atoms with van der Waals surface area (Å²) in [6.07, 6.45) is 6.52. The molecule has 1 heterocycles. The van der Waals surface area contributed by atoms with Crippen molar-refractivity contribution in [3.63, 3.8) is 0 Å². The highest BCUT2D eigenvalue weighted by atomic mass is 19.1. The van der Waals surface area contributed by atoms with Crippen LogP contribution in [-0.2, 0) is 0 Å². The van der Waals surface area contributed by atoms with Gasteiger partial charge < -0.3 is 15.0 Å². The number of fused-ring (bicyclic) bond motifs is 1. The minimum atomic E-state index is -0.226. The van der Waals surface area contributed by atoms with E-state index >= 15 is 0 Å². The summed E-state index contributed by atoms with van der Waals surface area (Å²) in [6.45, 7) is 2.85. The first-order chi connectivity index (χ1) is 12.5. The Labute approximate surface area is 153 Å². The fourth-order valence-corrected chi connectivity index (χ4v) is 3.63. The first-order valence-corrected chi connectivity index (χ1v) is 9.32. The lowest BCUT2D eigenvalue weighted by molar-refractivity contribution is 0.274. The van der Waals surface area contributed by atoms with Crippen LogP contribution in [0.1, 0.15) is 32.6 Å². The van der Waals surface area contributed by atoms with Gasteiger partial charge in [-0.2, -0.15) is 0 Å². The summed E-state index contributed by atoms with van der Waals surface area (Å²) < 4.78 is 21.1. The lowest BCUT2D eigenvalue weighted by Crippen LogP contribution is -2.38. The zero-order valence-corrected chi connectivity index (χ0v) is 15.1. The van der Waals surface area contributed by atoms with Gasteiger partial charge in [0.1, 0.15) is 11.6 Å². The second-order valence-electron chi connectivity index (χ2n) is 7.61. The van der Waals surface area contributed by atoms with Crippen LogP contribution in [0, 0.1) is 11.7 Å². The number of nitrogens with zero attached hydrogens (tertiary/aromatic N) is 1. The molecule has 1 aliphatic carbocycles. The second kappa shape index (κ2) is 6.76. The van der Waals surface area contributed by atoms with E-state index in [0.717, 1.165) is 35.2 Å². The van der Waals surface area contributed by atoms with Crippen molar-refractivity contribution in [1.29, 1.82) is 0 Å². The summed E-state index contributed by atoms with van der Waals surface area (Å²) in [6, 6.07) is 14.7. The van der Waals surface area contributed by atoms with Crippen LogP contribution in [0.2, 0.25) is 0 Å². The van der Waals surface area contributed by atoms with Gasteiger partial charge in [-0.15, -0.1) is 0 Å². The molecule has 26 heavy (non-hydrogen) atoms. The topological polar surface area (TPSA) is 40.2 Å². The molecule has 4 heteroatoms. The van der Waals surface area contributed by atoms with Gasteiger partial charge >= 0.3 is 0 Å². The summed E-state index contributed by atoms with van der Waals surface area (Å²) in [5.74, 6) is 1.35. The third-order valence-electron chi connectivity index (χ3n) is 5.40. The monoisotopic (exact) mass is 352 g/mol. The number of rotatable bonds is 7. The van der Waals surface area contributed by atoms with Crippen molar-refractivity contribution in [2.45, 2.75) is 38.1 Å². The standard InChI is InChI=1S/C22H25FN2O/c1-22(24,17-3-4-17)12-2-14-26-20-9-10-21-16(15-20)11-13-25(21)19-7-5-18(23)6-8-19/h5-11,13,15,17H,2-4,12,14,24H2,1H3. The van der Waals surface area contributed by atoms with E-state index in [2.05, 4.69) is 19.1 Å². The van der Waals surface area contributed by atoms with Crippen molar-refractivity contribution in [2.75, 3.05) is 6.61 Å². The Kier molecular flexibility index (Phi) is 4.45. The van der Waals surface area contributed by atoms with Crippen LogP contribution >= 0.6 is 0 Å². The van der Waals surface area contributed by atoms with E-state index in [4.69, 9.17) is 10.5 Å². The Morgan fingerprint density at radius 3 is 2.65 bits per heavy atom. The molecule has 4 rings (SSSR count). The molecule has 2 aromatic carbocycles. The van der Waals surface area contributed by atoms with Crippen LogP contribution < -0.4 is 10.5 Å². The fraction of sp³-hybridized carbons (Fsp3) is 0.364. The van der Waals surface area contributed by atoms with Crippen molar-refractivity contribution in [3.05, 3.63) is 60.5 Å². The zero-order valence-electron chi connectivity index (χ0n) is 15.1. The van der Waals surface area contributed by atoms with Gasteiger partial charge in [-0.3, -0.25) is 0 Å². The lowest BCUT2D eigenvalue weighted by atomic mass is 9.92. The van der Waals surface area contributed by atoms with Gasteiger partial charge in [-0.1, -0.05) is 0 Å². The normalized spacial score (nSPS) is 16.6. The average molecular weight is 352 g/mol. The van der Waals surface area contributed by atoms with Gasteiger partial charge in [0.05, 0.1) is 12.1 Å². The van der Waals surface area contributed by atoms with Gasteiger partial charge in [0.2, 0.25) is 0 Å². The van der Waals surface area contributed by atoms with Crippen molar-refractivity contribution < 1.29 is 9.13 Å². The maximum atomic E-state index is 13.1. The number of aromatic nitrogens is 1. The molecular formula is C22H25FN2O. The van der Waals surface area contributed by atoms with Crippen LogP contribution in [0.3, 0.4) is 0 Å². The van der Waals surface area contributed by atoms with Crippen LogP contribution in [-0.4, -0.2) is 16.7 Å². The van der Waals surface area contributed by atoms with Crippen molar-refractivity contribution in [1.82, 2.24) is 4.57 Å². The van der Waals surface area contributed by atoms with E-state index in [1.165, 1.54) is 25.0 Å². The van der Waals surface area contributed by atoms with Gasteiger partial charge in [-0.05, 0) is 87.1 Å². The SMILES string of the molecule is CC(N)(CCCOc1ccc2c(ccn2-c2ccc(F)cc2)c1)C1CC1. The molecular weight excluding hydrogens is 327 g/mol. The van der Waals surface area contributed by atoms with Crippen LogP contribution in [0.5, 0.6) is 5.75 Å². The smallest absolute Gasteiger partial charge is 0.123 e.